The van der Waals surface area contributed by atoms with Crippen molar-refractivity contribution in [3.8, 4) is 0 Å². The van der Waals surface area contributed by atoms with Crippen molar-refractivity contribution in [2.45, 2.75) is 17.6 Å². The molecule has 2 aromatic rings. The van der Waals surface area contributed by atoms with Gasteiger partial charge >= 0.3 is 5.97 Å². The van der Waals surface area contributed by atoms with Crippen LogP contribution in [0.4, 0.5) is 0 Å². The summed E-state index contributed by atoms with van der Waals surface area (Å²) in [6.45, 7) is 1.92. The number of benzene rings is 1. The van der Waals surface area contributed by atoms with Crippen LogP contribution in [0.1, 0.15) is 21.5 Å². The molecule has 0 bridgehead atoms. The molecule has 1 N–H and O–H groups in total. The zero-order valence-corrected chi connectivity index (χ0v) is 13.1. The van der Waals surface area contributed by atoms with Crippen molar-refractivity contribution in [1.82, 2.24) is 4.98 Å². The summed E-state index contributed by atoms with van der Waals surface area (Å²) in [5.74, 6) is -0.733. The van der Waals surface area contributed by atoms with E-state index >= 15 is 0 Å². The number of carbonyl (C=O) groups is 1. The maximum absolute atomic E-state index is 12.3. The first-order valence-electron chi connectivity index (χ1n) is 5.79. The Morgan fingerprint density at radius 1 is 1.35 bits per heavy atom. The number of hydrogen-bond donors (Lipinski definition) is 1. The summed E-state index contributed by atoms with van der Waals surface area (Å²) < 4.78 is 12.8. The highest BCUT2D eigenvalue weighted by Crippen LogP contribution is 2.21. The molecular formula is C14H12BrNO3S. The molecule has 0 aliphatic heterocycles. The molecule has 0 spiro atoms. The van der Waals surface area contributed by atoms with Crippen molar-refractivity contribution in [3.63, 3.8) is 0 Å². The number of halogens is 1. The molecular weight excluding hydrogens is 342 g/mol. The van der Waals surface area contributed by atoms with Gasteiger partial charge in [-0.1, -0.05) is 6.07 Å². The largest absolute Gasteiger partial charge is 0.478 e. The summed E-state index contributed by atoms with van der Waals surface area (Å²) >= 11 is 3.17. The number of aromatic carboxylic acids is 1. The van der Waals surface area contributed by atoms with E-state index in [4.69, 9.17) is 5.11 Å². The number of aryl methyl sites for hydroxylation is 1. The molecule has 1 atom stereocenters. The van der Waals surface area contributed by atoms with Gasteiger partial charge < -0.3 is 5.11 Å². The number of carboxylic acids is 1. The van der Waals surface area contributed by atoms with Gasteiger partial charge in [0.15, 0.2) is 0 Å². The summed E-state index contributed by atoms with van der Waals surface area (Å²) in [5.41, 5.74) is 1.97. The van der Waals surface area contributed by atoms with Gasteiger partial charge in [-0.05, 0) is 52.2 Å². The lowest BCUT2D eigenvalue weighted by atomic mass is 10.2. The first-order chi connectivity index (χ1) is 9.47. The van der Waals surface area contributed by atoms with Crippen LogP contribution in [0.15, 0.2) is 46.0 Å². The minimum Gasteiger partial charge on any atom is -0.478 e. The van der Waals surface area contributed by atoms with Gasteiger partial charge in [0.2, 0.25) is 0 Å². The maximum Gasteiger partial charge on any atom is 0.336 e. The normalized spacial score (nSPS) is 12.1. The smallest absolute Gasteiger partial charge is 0.336 e. The third-order valence-electron chi connectivity index (χ3n) is 2.66. The summed E-state index contributed by atoms with van der Waals surface area (Å²) in [7, 11) is -1.30. The molecule has 0 fully saturated rings. The van der Waals surface area contributed by atoms with Crippen LogP contribution in [0.25, 0.3) is 0 Å². The second-order valence-corrected chi connectivity index (χ2v) is 6.61. The molecule has 0 saturated heterocycles. The van der Waals surface area contributed by atoms with E-state index in [0.717, 1.165) is 11.1 Å². The van der Waals surface area contributed by atoms with E-state index in [1.54, 1.807) is 24.5 Å². The van der Waals surface area contributed by atoms with Gasteiger partial charge in [-0.15, -0.1) is 0 Å². The van der Waals surface area contributed by atoms with E-state index in [9.17, 15) is 9.00 Å². The maximum atomic E-state index is 12.3. The van der Waals surface area contributed by atoms with Crippen molar-refractivity contribution < 1.29 is 14.1 Å². The molecule has 0 amide bonds. The van der Waals surface area contributed by atoms with Crippen LogP contribution < -0.4 is 0 Å². The van der Waals surface area contributed by atoms with Gasteiger partial charge in [-0.25, -0.2) is 4.79 Å². The number of hydrogen-bond acceptors (Lipinski definition) is 3. The van der Waals surface area contributed by atoms with Gasteiger partial charge in [0.05, 0.1) is 22.1 Å². The number of carboxylic acid groups (broad SMARTS) is 1. The third kappa shape index (κ3) is 3.52. The molecule has 20 heavy (non-hydrogen) atoms. The summed E-state index contributed by atoms with van der Waals surface area (Å²) in [5, 5.41) is 9.06. The van der Waals surface area contributed by atoms with Gasteiger partial charge in [-0.3, -0.25) is 9.19 Å². The van der Waals surface area contributed by atoms with Gasteiger partial charge in [0.1, 0.15) is 0 Å². The number of pyridine rings is 1. The average molecular weight is 354 g/mol. The highest BCUT2D eigenvalue weighted by molar-refractivity contribution is 9.10. The predicted molar refractivity (Wildman–Crippen MR) is 80.2 cm³/mol. The molecule has 0 aliphatic carbocycles. The van der Waals surface area contributed by atoms with Crippen LogP contribution in [0, 0.1) is 6.92 Å². The Bertz CT molecular complexity index is 688. The Labute approximate surface area is 127 Å². The first-order valence-corrected chi connectivity index (χ1v) is 7.90. The minimum atomic E-state index is -1.30. The van der Waals surface area contributed by atoms with E-state index in [1.807, 2.05) is 13.0 Å². The molecule has 4 nitrogen and oxygen atoms in total. The minimum absolute atomic E-state index is 0.109. The zero-order chi connectivity index (χ0) is 14.7. The molecule has 0 radical (unpaired) electrons. The van der Waals surface area contributed by atoms with E-state index < -0.39 is 16.8 Å². The standard InChI is InChI=1S/C14H12BrNO3S/c1-9-4-10(7-16-6-9)8-20(19)11-2-3-13(15)12(5-11)14(17)18/h2-7H,8H2,1H3,(H,17,18). The molecule has 1 unspecified atom stereocenters. The van der Waals surface area contributed by atoms with Gasteiger partial charge in [0, 0.05) is 21.8 Å². The second kappa shape index (κ2) is 6.28. The number of rotatable bonds is 4. The highest BCUT2D eigenvalue weighted by atomic mass is 79.9. The fraction of sp³-hybridized carbons (Fsp3) is 0.143. The highest BCUT2D eigenvalue weighted by Gasteiger charge is 2.13. The summed E-state index contributed by atoms with van der Waals surface area (Å²) in [4.78, 5) is 15.6. The first kappa shape index (κ1) is 14.9. The lowest BCUT2D eigenvalue weighted by Gasteiger charge is -2.06. The van der Waals surface area contributed by atoms with E-state index in [-0.39, 0.29) is 5.56 Å². The fourth-order valence-electron chi connectivity index (χ4n) is 1.74. The van der Waals surface area contributed by atoms with Crippen molar-refractivity contribution in [2.24, 2.45) is 0 Å². The predicted octanol–water partition coefficient (Wildman–Crippen LogP) is 3.16. The Hall–Kier alpha value is -1.53. The van der Waals surface area contributed by atoms with Crippen LogP contribution in [0.5, 0.6) is 0 Å². The van der Waals surface area contributed by atoms with Gasteiger partial charge in [-0.2, -0.15) is 0 Å². The molecule has 1 aromatic carbocycles. The Morgan fingerprint density at radius 2 is 2.10 bits per heavy atom. The van der Waals surface area contributed by atoms with Crippen LogP contribution in [0.3, 0.4) is 0 Å². The third-order valence-corrected chi connectivity index (χ3v) is 4.73. The molecule has 6 heteroatoms. The van der Waals surface area contributed by atoms with Crippen LogP contribution in [-0.2, 0) is 16.6 Å². The van der Waals surface area contributed by atoms with E-state index in [2.05, 4.69) is 20.9 Å². The fourth-order valence-corrected chi connectivity index (χ4v) is 3.25. The molecule has 104 valence electrons. The molecule has 2 rings (SSSR count). The SMILES string of the molecule is Cc1cncc(CS(=O)c2ccc(Br)c(C(=O)O)c2)c1. The zero-order valence-electron chi connectivity index (χ0n) is 10.7. The molecule has 0 aliphatic rings. The van der Waals surface area contributed by atoms with Gasteiger partial charge in [0.25, 0.3) is 0 Å². The van der Waals surface area contributed by atoms with Crippen LogP contribution >= 0.6 is 15.9 Å². The Morgan fingerprint density at radius 3 is 2.75 bits per heavy atom. The van der Waals surface area contributed by atoms with Crippen molar-refractivity contribution in [2.75, 3.05) is 0 Å². The molecule has 1 heterocycles. The number of aromatic nitrogens is 1. The van der Waals surface area contributed by atoms with E-state index in [1.165, 1.54) is 6.07 Å². The Balaban J connectivity index is 2.26. The quantitative estimate of drug-likeness (QED) is 0.916. The topological polar surface area (TPSA) is 67.3 Å². The summed E-state index contributed by atoms with van der Waals surface area (Å²) in [6, 6.07) is 6.62. The molecule has 0 saturated carbocycles. The monoisotopic (exact) mass is 353 g/mol. The number of nitrogens with zero attached hydrogens (tertiary/aromatic N) is 1. The summed E-state index contributed by atoms with van der Waals surface area (Å²) in [6.07, 6.45) is 3.40. The average Bonchev–Trinajstić information content (AvgIpc) is 2.38. The molecule has 1 aromatic heterocycles. The van der Waals surface area contributed by atoms with Crippen molar-refractivity contribution in [3.05, 3.63) is 57.8 Å². The Kier molecular flexibility index (Phi) is 4.67. The van der Waals surface area contributed by atoms with E-state index in [0.29, 0.717) is 15.1 Å². The van der Waals surface area contributed by atoms with Crippen molar-refractivity contribution in [1.29, 1.82) is 0 Å². The van der Waals surface area contributed by atoms with Crippen LogP contribution in [-0.4, -0.2) is 20.3 Å². The lowest BCUT2D eigenvalue weighted by Crippen LogP contribution is -2.02. The van der Waals surface area contributed by atoms with Crippen molar-refractivity contribution >= 4 is 32.7 Å². The second-order valence-electron chi connectivity index (χ2n) is 4.31. The lowest BCUT2D eigenvalue weighted by molar-refractivity contribution is 0.0695. The van der Waals surface area contributed by atoms with Crippen LogP contribution in [0.2, 0.25) is 0 Å².